The molecule has 7 nitrogen and oxygen atoms in total. The van der Waals surface area contributed by atoms with E-state index in [1.165, 1.54) is 6.08 Å². The molecule has 3 N–H and O–H groups in total. The summed E-state index contributed by atoms with van der Waals surface area (Å²) >= 11 is 0. The van der Waals surface area contributed by atoms with Crippen molar-refractivity contribution < 1.29 is 19.8 Å². The van der Waals surface area contributed by atoms with Gasteiger partial charge in [0.05, 0.1) is 5.71 Å². The number of nitrogens with one attached hydrogen (secondary N) is 2. The number of aromatic nitrogens is 2. The zero-order valence-corrected chi connectivity index (χ0v) is 17.8. The number of aliphatic imine (C=N–C) groups is 1. The Morgan fingerprint density at radius 1 is 1.10 bits per heavy atom. The van der Waals surface area contributed by atoms with Crippen LogP contribution in [0.25, 0.3) is 18.2 Å². The summed E-state index contributed by atoms with van der Waals surface area (Å²) in [4.78, 5) is 33.1. The molecule has 3 rings (SSSR count). The number of carbonyl (C=O) groups excluding carboxylic acids is 2. The summed E-state index contributed by atoms with van der Waals surface area (Å²) in [6.07, 6.45) is 6.88. The highest BCUT2D eigenvalue weighted by atomic mass is 16.4. The maximum Gasteiger partial charge on any atom is 0.277 e. The third-order valence-electron chi connectivity index (χ3n) is 5.56. The number of aromatic amines is 2. The van der Waals surface area contributed by atoms with Gasteiger partial charge in [-0.1, -0.05) is 25.3 Å². The Kier molecular flexibility index (Phi) is 5.97. The largest absolute Gasteiger partial charge is 0.550 e. The lowest BCUT2D eigenvalue weighted by atomic mass is 10.1. The molecule has 160 valence electrons. The number of nitrogens with zero attached hydrogens (tertiary/aromatic N) is 1. The highest BCUT2D eigenvalue weighted by Crippen LogP contribution is 2.25. The van der Waals surface area contributed by atoms with Crippen LogP contribution in [0.1, 0.15) is 41.3 Å². The van der Waals surface area contributed by atoms with Crippen molar-refractivity contribution in [3.63, 3.8) is 0 Å². The van der Waals surface area contributed by atoms with Crippen LogP contribution in [0.15, 0.2) is 35.4 Å². The lowest BCUT2D eigenvalue weighted by Gasteiger charge is -2.02. The summed E-state index contributed by atoms with van der Waals surface area (Å²) < 4.78 is 0. The highest BCUT2D eigenvalue weighted by Gasteiger charge is 2.20. The second-order valence-corrected chi connectivity index (χ2v) is 7.39. The van der Waals surface area contributed by atoms with E-state index in [2.05, 4.69) is 28.1 Å². The molecule has 1 aliphatic rings. The van der Waals surface area contributed by atoms with Crippen LogP contribution in [0, 0.1) is 13.8 Å². The Bertz CT molecular complexity index is 1300. The monoisotopic (exact) mass is 418 g/mol. The molecule has 0 fully saturated rings. The average molecular weight is 418 g/mol. The molecule has 3 heterocycles. The van der Waals surface area contributed by atoms with E-state index in [4.69, 9.17) is 0 Å². The second kappa shape index (κ2) is 8.47. The first-order valence-corrected chi connectivity index (χ1v) is 9.79. The van der Waals surface area contributed by atoms with Crippen LogP contribution in [0.4, 0.5) is 0 Å². The fraction of sp³-hybridized carbons (Fsp3) is 0.208. The molecule has 0 atom stereocenters. The van der Waals surface area contributed by atoms with Crippen molar-refractivity contribution in [2.24, 2.45) is 4.99 Å². The van der Waals surface area contributed by atoms with Gasteiger partial charge >= 0.3 is 0 Å². The Balaban J connectivity index is 2.11. The number of carboxylic acids is 1. The number of hydrogen-bond donors (Lipinski definition) is 3. The van der Waals surface area contributed by atoms with Crippen LogP contribution in [0.3, 0.4) is 0 Å². The number of rotatable bonds is 7. The Hall–Kier alpha value is -3.87. The van der Waals surface area contributed by atoms with Crippen molar-refractivity contribution >= 4 is 35.8 Å². The maximum atomic E-state index is 12.0. The number of carboxylic acid groups (broad SMARTS) is 1. The first kappa shape index (κ1) is 21.8. The zero-order valence-electron chi connectivity index (χ0n) is 17.8. The van der Waals surface area contributed by atoms with E-state index >= 15 is 0 Å². The summed E-state index contributed by atoms with van der Waals surface area (Å²) in [5.74, 6) is -1.53. The minimum absolute atomic E-state index is 0.0542. The number of aromatic hydroxyl groups is 1. The molecular formula is C24H24N3O4-. The predicted molar refractivity (Wildman–Crippen MR) is 119 cm³/mol. The zero-order chi connectivity index (χ0) is 22.9. The van der Waals surface area contributed by atoms with E-state index in [9.17, 15) is 19.8 Å². The SMILES string of the molecule is C=CC1=C(C)C(/C=c2\[nH]/c(=C\c3[nH]c(O)c(CCC(=O)[O-])c3C)c(C)c2C=C)=NC1=O. The molecule has 0 saturated heterocycles. The van der Waals surface area contributed by atoms with Gasteiger partial charge in [0.25, 0.3) is 5.91 Å². The van der Waals surface area contributed by atoms with Crippen molar-refractivity contribution in [2.45, 2.75) is 33.6 Å². The third kappa shape index (κ3) is 4.07. The van der Waals surface area contributed by atoms with E-state index in [0.29, 0.717) is 22.5 Å². The first-order chi connectivity index (χ1) is 14.7. The molecule has 1 amide bonds. The van der Waals surface area contributed by atoms with Gasteiger partial charge in [0.15, 0.2) is 5.88 Å². The minimum atomic E-state index is -1.17. The summed E-state index contributed by atoms with van der Waals surface area (Å²) in [6, 6.07) is 0. The molecule has 0 unspecified atom stereocenters. The number of H-pyrrole nitrogens is 2. The molecule has 2 aromatic rings. The molecule has 0 spiro atoms. The molecule has 31 heavy (non-hydrogen) atoms. The fourth-order valence-corrected chi connectivity index (χ4v) is 3.70. The van der Waals surface area contributed by atoms with Crippen molar-refractivity contribution in [1.29, 1.82) is 0 Å². The predicted octanol–water partition coefficient (Wildman–Crippen LogP) is 1.08. The van der Waals surface area contributed by atoms with Crippen molar-refractivity contribution in [2.75, 3.05) is 0 Å². The van der Waals surface area contributed by atoms with Crippen LogP contribution < -0.4 is 15.8 Å². The van der Waals surface area contributed by atoms with E-state index in [-0.39, 0.29) is 24.6 Å². The van der Waals surface area contributed by atoms with Crippen LogP contribution >= 0.6 is 0 Å². The molecule has 0 radical (unpaired) electrons. The topological polar surface area (TPSA) is 121 Å². The normalized spacial score (nSPS) is 15.1. The molecule has 0 aliphatic carbocycles. The van der Waals surface area contributed by atoms with Gasteiger partial charge in [0.2, 0.25) is 0 Å². The first-order valence-electron chi connectivity index (χ1n) is 9.79. The molecule has 1 aliphatic heterocycles. The van der Waals surface area contributed by atoms with Gasteiger partial charge in [0, 0.05) is 39.1 Å². The van der Waals surface area contributed by atoms with E-state index in [0.717, 1.165) is 33.0 Å². The van der Waals surface area contributed by atoms with Gasteiger partial charge in [0.1, 0.15) is 0 Å². The van der Waals surface area contributed by atoms with Crippen molar-refractivity contribution in [3.05, 3.63) is 69.0 Å². The Labute approximate surface area is 179 Å². The van der Waals surface area contributed by atoms with Crippen LogP contribution in [-0.4, -0.2) is 32.7 Å². The summed E-state index contributed by atoms with van der Waals surface area (Å²) in [7, 11) is 0. The van der Waals surface area contributed by atoms with Gasteiger partial charge in [-0.2, -0.15) is 0 Å². The maximum absolute atomic E-state index is 12.0. The Morgan fingerprint density at radius 3 is 2.39 bits per heavy atom. The Morgan fingerprint density at radius 2 is 1.81 bits per heavy atom. The quantitative estimate of drug-likeness (QED) is 0.623. The average Bonchev–Trinajstić information content (AvgIpc) is 3.25. The summed E-state index contributed by atoms with van der Waals surface area (Å²) in [5.41, 5.74) is 5.59. The molecule has 2 aromatic heterocycles. The summed E-state index contributed by atoms with van der Waals surface area (Å²) in [5, 5.41) is 22.5. The van der Waals surface area contributed by atoms with Crippen LogP contribution in [-0.2, 0) is 16.0 Å². The second-order valence-electron chi connectivity index (χ2n) is 7.39. The van der Waals surface area contributed by atoms with Crippen LogP contribution in [0.5, 0.6) is 5.88 Å². The molecule has 0 saturated carbocycles. The molecular weight excluding hydrogens is 394 g/mol. The lowest BCUT2D eigenvalue weighted by molar-refractivity contribution is -0.305. The van der Waals surface area contributed by atoms with Gasteiger partial charge in [-0.25, -0.2) is 4.99 Å². The summed E-state index contributed by atoms with van der Waals surface area (Å²) in [6.45, 7) is 13.1. The molecule has 0 bridgehead atoms. The van der Waals surface area contributed by atoms with Gasteiger partial charge in [-0.3, -0.25) is 4.79 Å². The van der Waals surface area contributed by atoms with Crippen molar-refractivity contribution in [1.82, 2.24) is 9.97 Å². The van der Waals surface area contributed by atoms with Gasteiger partial charge < -0.3 is 25.0 Å². The number of aliphatic carboxylic acids is 1. The van der Waals surface area contributed by atoms with Crippen molar-refractivity contribution in [3.8, 4) is 5.88 Å². The fourth-order valence-electron chi connectivity index (χ4n) is 3.70. The standard InChI is InChI=1S/C24H25N3O4/c1-6-15-12(3)18(10-19-14(5)17(24(31)27-19)8-9-22(28)29)25-21(15)11-20-13(4)16(7-2)23(30)26-20/h6-7,10-11,25,27,31H,1-2,8-9H2,3-5H3,(H,28,29)/p-1/b18-10-,21-11-. The highest BCUT2D eigenvalue weighted by molar-refractivity contribution is 6.31. The van der Waals surface area contributed by atoms with E-state index in [1.54, 1.807) is 12.2 Å². The number of amides is 1. The van der Waals surface area contributed by atoms with E-state index in [1.807, 2.05) is 26.8 Å². The minimum Gasteiger partial charge on any atom is -0.550 e. The lowest BCUT2D eigenvalue weighted by Crippen LogP contribution is -2.22. The number of hydrogen-bond acceptors (Lipinski definition) is 4. The molecule has 7 heteroatoms. The van der Waals surface area contributed by atoms with Gasteiger partial charge in [-0.05, 0) is 62.5 Å². The van der Waals surface area contributed by atoms with Crippen LogP contribution in [0.2, 0.25) is 0 Å². The van der Waals surface area contributed by atoms with E-state index < -0.39 is 5.97 Å². The third-order valence-corrected chi connectivity index (χ3v) is 5.56. The smallest absolute Gasteiger partial charge is 0.277 e. The molecule has 0 aromatic carbocycles. The van der Waals surface area contributed by atoms with Gasteiger partial charge in [-0.15, -0.1) is 0 Å². The number of carbonyl (C=O) groups is 2. The number of allylic oxidation sites excluding steroid dienone is 1.